The maximum atomic E-state index is 12.0. The van der Waals surface area contributed by atoms with Crippen LogP contribution in [0.4, 0.5) is 4.79 Å². The van der Waals surface area contributed by atoms with Gasteiger partial charge in [0.15, 0.2) is 0 Å². The Morgan fingerprint density at radius 2 is 1.79 bits per heavy atom. The highest BCUT2D eigenvalue weighted by Crippen LogP contribution is 2.27. The Hall–Kier alpha value is -2.77. The smallest absolute Gasteiger partial charge is 0.315 e. The fraction of sp³-hybridized carbons (Fsp3) is 0.238. The number of hydrogen-bond donors (Lipinski definition) is 3. The number of aliphatic hydroxyl groups is 1. The van der Waals surface area contributed by atoms with E-state index >= 15 is 0 Å². The van der Waals surface area contributed by atoms with Gasteiger partial charge in [0.1, 0.15) is 5.60 Å². The van der Waals surface area contributed by atoms with Crippen LogP contribution in [-0.2, 0) is 19.2 Å². The summed E-state index contributed by atoms with van der Waals surface area (Å²) in [6, 6.07) is 17.9. The van der Waals surface area contributed by atoms with Crippen molar-refractivity contribution >= 4 is 17.8 Å². The van der Waals surface area contributed by atoms with Crippen molar-refractivity contribution in [3.8, 4) is 0 Å². The van der Waals surface area contributed by atoms with Gasteiger partial charge in [-0.25, -0.2) is 4.79 Å². The molecule has 28 heavy (non-hydrogen) atoms. The summed E-state index contributed by atoms with van der Waals surface area (Å²) < 4.78 is 1.61. The molecule has 3 N–H and O–H groups in total. The van der Waals surface area contributed by atoms with Crippen LogP contribution in [0, 0.1) is 0 Å². The lowest BCUT2D eigenvalue weighted by Gasteiger charge is -2.22. The fourth-order valence-corrected chi connectivity index (χ4v) is 3.44. The van der Waals surface area contributed by atoms with Gasteiger partial charge in [0, 0.05) is 35.1 Å². The van der Waals surface area contributed by atoms with E-state index in [0.717, 1.165) is 10.5 Å². The molecule has 0 aliphatic carbocycles. The summed E-state index contributed by atoms with van der Waals surface area (Å²) in [7, 11) is 1.78. The number of carbonyl (C=O) groups excluding carboxylic acids is 1. The van der Waals surface area contributed by atoms with Crippen LogP contribution in [0.2, 0.25) is 0 Å². The monoisotopic (exact) mass is 396 g/mol. The molecule has 146 valence electrons. The first-order valence-electron chi connectivity index (χ1n) is 8.97. The Morgan fingerprint density at radius 3 is 2.43 bits per heavy atom. The van der Waals surface area contributed by atoms with Crippen molar-refractivity contribution in [2.24, 2.45) is 7.05 Å². The number of urea groups is 1. The van der Waals surface area contributed by atoms with Crippen molar-refractivity contribution in [3.63, 3.8) is 0 Å². The van der Waals surface area contributed by atoms with Crippen LogP contribution in [0.5, 0.6) is 0 Å². The summed E-state index contributed by atoms with van der Waals surface area (Å²) in [5.74, 6) is 0. The number of nitrogens with one attached hydrogen (secondary N) is 2. The summed E-state index contributed by atoms with van der Waals surface area (Å²) in [6.45, 7) is 2.15. The molecule has 0 spiro atoms. The highest BCUT2D eigenvalue weighted by molar-refractivity contribution is 7.99. The molecule has 6 nitrogen and oxygen atoms in total. The molecule has 1 aromatic heterocycles. The van der Waals surface area contributed by atoms with Crippen molar-refractivity contribution in [2.45, 2.75) is 28.9 Å². The zero-order chi connectivity index (χ0) is 20.0. The number of carbonyl (C=O) groups is 1. The van der Waals surface area contributed by atoms with Gasteiger partial charge in [0.05, 0.1) is 12.7 Å². The van der Waals surface area contributed by atoms with Crippen LogP contribution in [0.1, 0.15) is 18.1 Å². The molecule has 0 aliphatic rings. The lowest BCUT2D eigenvalue weighted by molar-refractivity contribution is 0.0593. The second kappa shape index (κ2) is 8.95. The highest BCUT2D eigenvalue weighted by atomic mass is 32.2. The van der Waals surface area contributed by atoms with Gasteiger partial charge in [-0.15, -0.1) is 0 Å². The first kappa shape index (κ1) is 20.0. The molecular formula is C21H24N4O2S. The Balaban J connectivity index is 1.45. The predicted molar refractivity (Wildman–Crippen MR) is 110 cm³/mol. The molecule has 0 bridgehead atoms. The molecule has 3 rings (SSSR count). The molecule has 2 amide bonds. The second-order valence-electron chi connectivity index (χ2n) is 6.77. The molecule has 0 saturated carbocycles. The molecule has 0 unspecified atom stereocenters. The number of rotatable bonds is 7. The Bertz CT molecular complexity index is 908. The molecular weight excluding hydrogens is 372 g/mol. The molecule has 7 heteroatoms. The Kier molecular flexibility index (Phi) is 6.38. The summed E-state index contributed by atoms with van der Waals surface area (Å²) in [6.07, 6.45) is 3.32. The topological polar surface area (TPSA) is 79.2 Å². The minimum atomic E-state index is -1.18. The molecule has 0 radical (unpaired) electrons. The fourth-order valence-electron chi connectivity index (χ4n) is 2.60. The Morgan fingerprint density at radius 1 is 1.11 bits per heavy atom. The van der Waals surface area contributed by atoms with Crippen LogP contribution in [0.15, 0.2) is 76.8 Å². The van der Waals surface area contributed by atoms with Crippen LogP contribution < -0.4 is 10.6 Å². The third-order valence-corrected chi connectivity index (χ3v) is 5.29. The highest BCUT2D eigenvalue weighted by Gasteiger charge is 2.25. The summed E-state index contributed by atoms with van der Waals surface area (Å²) in [5.41, 5.74) is 0.482. The van der Waals surface area contributed by atoms with E-state index in [1.807, 2.05) is 42.5 Å². The van der Waals surface area contributed by atoms with Crippen molar-refractivity contribution in [2.75, 3.05) is 6.54 Å². The van der Waals surface area contributed by atoms with Gasteiger partial charge in [-0.1, -0.05) is 42.1 Å². The molecule has 0 saturated heterocycles. The van der Waals surface area contributed by atoms with E-state index in [9.17, 15) is 9.90 Å². The van der Waals surface area contributed by atoms with E-state index < -0.39 is 5.60 Å². The molecule has 1 heterocycles. The average molecular weight is 397 g/mol. The van der Waals surface area contributed by atoms with E-state index in [-0.39, 0.29) is 12.6 Å². The normalized spacial score (nSPS) is 13.0. The van der Waals surface area contributed by atoms with Crippen molar-refractivity contribution in [1.82, 2.24) is 20.4 Å². The number of nitrogens with zero attached hydrogens (tertiary/aromatic N) is 2. The third-order valence-electron chi connectivity index (χ3n) is 4.28. The van der Waals surface area contributed by atoms with E-state index in [1.54, 1.807) is 42.8 Å². The molecule has 0 aliphatic heterocycles. The van der Waals surface area contributed by atoms with E-state index in [4.69, 9.17) is 0 Å². The summed E-state index contributed by atoms with van der Waals surface area (Å²) in [4.78, 5) is 14.4. The Labute approximate surface area is 169 Å². The average Bonchev–Trinajstić information content (AvgIpc) is 3.14. The quantitative estimate of drug-likeness (QED) is 0.573. The van der Waals surface area contributed by atoms with Gasteiger partial charge < -0.3 is 15.7 Å². The minimum Gasteiger partial charge on any atom is -0.383 e. The number of hydrogen-bond acceptors (Lipinski definition) is 4. The van der Waals surface area contributed by atoms with Gasteiger partial charge in [0.2, 0.25) is 0 Å². The van der Waals surface area contributed by atoms with Crippen LogP contribution >= 0.6 is 11.8 Å². The lowest BCUT2D eigenvalue weighted by Crippen LogP contribution is -2.43. The van der Waals surface area contributed by atoms with E-state index in [2.05, 4.69) is 27.9 Å². The van der Waals surface area contributed by atoms with Crippen LogP contribution in [0.25, 0.3) is 0 Å². The zero-order valence-electron chi connectivity index (χ0n) is 15.9. The maximum Gasteiger partial charge on any atom is 0.315 e. The van der Waals surface area contributed by atoms with E-state index in [0.29, 0.717) is 12.1 Å². The van der Waals surface area contributed by atoms with Gasteiger partial charge in [0.25, 0.3) is 0 Å². The number of amides is 2. The van der Waals surface area contributed by atoms with Crippen molar-refractivity contribution < 1.29 is 9.90 Å². The number of benzene rings is 2. The second-order valence-corrected chi connectivity index (χ2v) is 7.92. The van der Waals surface area contributed by atoms with Crippen molar-refractivity contribution in [1.29, 1.82) is 0 Å². The van der Waals surface area contributed by atoms with Gasteiger partial charge in [-0.05, 0) is 36.8 Å². The predicted octanol–water partition coefficient (Wildman–Crippen LogP) is 3.28. The zero-order valence-corrected chi connectivity index (χ0v) is 16.7. The molecule has 0 fully saturated rings. The largest absolute Gasteiger partial charge is 0.383 e. The summed E-state index contributed by atoms with van der Waals surface area (Å²) >= 11 is 1.70. The number of aryl methyl sites for hydroxylation is 1. The summed E-state index contributed by atoms with van der Waals surface area (Å²) in [5, 5.41) is 20.0. The third kappa shape index (κ3) is 5.61. The van der Waals surface area contributed by atoms with E-state index in [1.165, 1.54) is 4.90 Å². The van der Waals surface area contributed by atoms with Crippen molar-refractivity contribution in [3.05, 3.63) is 78.1 Å². The lowest BCUT2D eigenvalue weighted by atomic mass is 10.00. The molecule has 2 aromatic carbocycles. The first-order valence-corrected chi connectivity index (χ1v) is 9.79. The van der Waals surface area contributed by atoms with Gasteiger partial charge in [-0.2, -0.15) is 5.10 Å². The molecule has 1 atom stereocenters. The standard InChI is InChI=1S/C21H24N4O2S/c1-21(27,17-13-24-25(2)14-17)15-23-20(26)22-12-16-8-10-19(11-9-16)28-18-6-4-3-5-7-18/h3-11,13-14,27H,12,15H2,1-2H3,(H2,22,23,26)/t21-/m0/s1. The number of aromatic nitrogens is 2. The maximum absolute atomic E-state index is 12.0. The van der Waals surface area contributed by atoms with Gasteiger partial charge >= 0.3 is 6.03 Å². The van der Waals surface area contributed by atoms with Crippen LogP contribution in [0.3, 0.4) is 0 Å². The van der Waals surface area contributed by atoms with Crippen LogP contribution in [-0.4, -0.2) is 27.5 Å². The SMILES string of the molecule is Cn1cc([C@@](C)(O)CNC(=O)NCc2ccc(Sc3ccccc3)cc2)cn1. The van der Waals surface area contributed by atoms with Gasteiger partial charge in [-0.3, -0.25) is 4.68 Å². The molecule has 3 aromatic rings. The first-order chi connectivity index (χ1) is 13.4. The minimum absolute atomic E-state index is 0.0944.